The molecule has 0 saturated carbocycles. The summed E-state index contributed by atoms with van der Waals surface area (Å²) in [5.41, 5.74) is 0. The second kappa shape index (κ2) is 2.46. The van der Waals surface area contributed by atoms with Crippen molar-refractivity contribution in [1.29, 1.82) is 0 Å². The lowest BCUT2D eigenvalue weighted by atomic mass is 10.0. The van der Waals surface area contributed by atoms with Gasteiger partial charge in [-0.3, -0.25) is 0 Å². The predicted octanol–water partition coefficient (Wildman–Crippen LogP) is 0.733. The van der Waals surface area contributed by atoms with Crippen molar-refractivity contribution in [2.24, 2.45) is 5.92 Å². The van der Waals surface area contributed by atoms with Crippen LogP contribution in [0.4, 0.5) is 0 Å². The molecule has 0 amide bonds. The first kappa shape index (κ1) is 7.92. The van der Waals surface area contributed by atoms with Gasteiger partial charge in [0.05, 0.1) is 0 Å². The first-order chi connectivity index (χ1) is 3.50. The lowest BCUT2D eigenvalue weighted by molar-refractivity contribution is -0.193. The van der Waals surface area contributed by atoms with Crippen molar-refractivity contribution in [3.8, 4) is 0 Å². The molecule has 0 heterocycles. The summed E-state index contributed by atoms with van der Waals surface area (Å²) in [6.45, 7) is 5.31. The van der Waals surface area contributed by atoms with E-state index in [0.717, 1.165) is 0 Å². The van der Waals surface area contributed by atoms with Crippen LogP contribution in [0.1, 0.15) is 27.2 Å². The first-order valence-corrected chi connectivity index (χ1v) is 2.95. The average Bonchev–Trinajstić information content (AvgIpc) is 1.67. The zero-order chi connectivity index (χ0) is 6.78. The van der Waals surface area contributed by atoms with Gasteiger partial charge in [-0.1, -0.05) is 20.8 Å². The lowest BCUT2D eigenvalue weighted by Crippen LogP contribution is -2.33. The third-order valence-corrected chi connectivity index (χ3v) is 1.44. The lowest BCUT2D eigenvalue weighted by Gasteiger charge is -2.23. The molecule has 2 heteroatoms. The van der Waals surface area contributed by atoms with Gasteiger partial charge in [-0.25, -0.2) is 0 Å². The summed E-state index contributed by atoms with van der Waals surface area (Å²) in [6, 6.07) is 0. The van der Waals surface area contributed by atoms with Crippen LogP contribution >= 0.6 is 0 Å². The number of aliphatic hydroxyl groups is 2. The van der Waals surface area contributed by atoms with Crippen molar-refractivity contribution < 1.29 is 10.2 Å². The highest BCUT2D eigenvalue weighted by atomic mass is 16.5. The van der Waals surface area contributed by atoms with Crippen LogP contribution in [0.2, 0.25) is 0 Å². The largest absolute Gasteiger partial charge is 0.365 e. The Morgan fingerprint density at radius 1 is 1.38 bits per heavy atom. The average molecular weight is 118 g/mol. The molecule has 2 nitrogen and oxygen atoms in total. The topological polar surface area (TPSA) is 40.5 Å². The molecule has 0 rings (SSSR count). The van der Waals surface area contributed by atoms with E-state index in [1.807, 2.05) is 0 Å². The van der Waals surface area contributed by atoms with Gasteiger partial charge >= 0.3 is 0 Å². The molecule has 0 aromatic carbocycles. The summed E-state index contributed by atoms with van der Waals surface area (Å²) in [4.78, 5) is 0. The Balaban J connectivity index is 3.71. The Labute approximate surface area is 50.2 Å². The Hall–Kier alpha value is -0.0800. The fraction of sp³-hybridized carbons (Fsp3) is 1.00. The molecule has 0 bridgehead atoms. The van der Waals surface area contributed by atoms with E-state index in [4.69, 9.17) is 10.2 Å². The molecule has 0 saturated heterocycles. The highest BCUT2D eigenvalue weighted by Gasteiger charge is 2.23. The fourth-order valence-electron chi connectivity index (χ4n) is 0.408. The molecule has 50 valence electrons. The van der Waals surface area contributed by atoms with Gasteiger partial charge in [0, 0.05) is 5.92 Å². The van der Waals surface area contributed by atoms with Gasteiger partial charge in [0.15, 0.2) is 5.79 Å². The Morgan fingerprint density at radius 3 is 1.75 bits per heavy atom. The number of rotatable bonds is 2. The quantitative estimate of drug-likeness (QED) is 0.525. The van der Waals surface area contributed by atoms with Crippen molar-refractivity contribution >= 4 is 0 Å². The summed E-state index contributed by atoms with van der Waals surface area (Å²) in [5, 5.41) is 17.9. The molecule has 0 spiro atoms. The van der Waals surface area contributed by atoms with Crippen LogP contribution in [0.15, 0.2) is 0 Å². The van der Waals surface area contributed by atoms with E-state index in [-0.39, 0.29) is 5.92 Å². The monoisotopic (exact) mass is 118 g/mol. The maximum absolute atomic E-state index is 8.96. The van der Waals surface area contributed by atoms with E-state index in [2.05, 4.69) is 0 Å². The molecule has 0 aliphatic heterocycles. The van der Waals surface area contributed by atoms with Crippen molar-refractivity contribution in [2.75, 3.05) is 0 Å². The third-order valence-electron chi connectivity index (χ3n) is 1.44. The molecule has 0 fully saturated rings. The van der Waals surface area contributed by atoms with Gasteiger partial charge in [0.2, 0.25) is 0 Å². The van der Waals surface area contributed by atoms with E-state index in [1.165, 1.54) is 0 Å². The van der Waals surface area contributed by atoms with Crippen LogP contribution < -0.4 is 0 Å². The van der Waals surface area contributed by atoms with E-state index in [0.29, 0.717) is 6.42 Å². The minimum Gasteiger partial charge on any atom is -0.365 e. The van der Waals surface area contributed by atoms with Crippen molar-refractivity contribution in [3.05, 3.63) is 0 Å². The molecule has 0 aromatic heterocycles. The van der Waals surface area contributed by atoms with Crippen LogP contribution in [-0.4, -0.2) is 16.0 Å². The first-order valence-electron chi connectivity index (χ1n) is 2.95. The van der Waals surface area contributed by atoms with Gasteiger partial charge in [-0.2, -0.15) is 0 Å². The smallest absolute Gasteiger partial charge is 0.164 e. The maximum Gasteiger partial charge on any atom is 0.164 e. The zero-order valence-corrected chi connectivity index (χ0v) is 5.68. The molecule has 0 aliphatic carbocycles. The summed E-state index contributed by atoms with van der Waals surface area (Å²) in [7, 11) is 0. The maximum atomic E-state index is 8.96. The summed E-state index contributed by atoms with van der Waals surface area (Å²) in [5.74, 6) is -1.53. The highest BCUT2D eigenvalue weighted by molar-refractivity contribution is 4.64. The molecular weight excluding hydrogens is 104 g/mol. The predicted molar refractivity (Wildman–Crippen MR) is 32.3 cm³/mol. The van der Waals surface area contributed by atoms with E-state index >= 15 is 0 Å². The second-order valence-corrected chi connectivity index (χ2v) is 2.39. The second-order valence-electron chi connectivity index (χ2n) is 2.39. The molecule has 0 unspecified atom stereocenters. The summed E-state index contributed by atoms with van der Waals surface area (Å²) < 4.78 is 0. The Kier molecular flexibility index (Phi) is 2.44. The van der Waals surface area contributed by atoms with Crippen LogP contribution in [0.25, 0.3) is 0 Å². The van der Waals surface area contributed by atoms with Crippen molar-refractivity contribution in [3.63, 3.8) is 0 Å². The number of hydrogen-bond donors (Lipinski definition) is 2. The molecule has 0 radical (unpaired) electrons. The summed E-state index contributed by atoms with van der Waals surface area (Å²) >= 11 is 0. The van der Waals surface area contributed by atoms with Crippen molar-refractivity contribution in [1.82, 2.24) is 0 Å². The van der Waals surface area contributed by atoms with Crippen LogP contribution in [0, 0.1) is 5.92 Å². The normalized spacial score (nSPS) is 12.8. The van der Waals surface area contributed by atoms with E-state index in [9.17, 15) is 0 Å². The standard InChI is InChI=1S/C6H14O2/c1-4-6(7,8)5(2)3/h5,7-8H,4H2,1-3H3. The molecule has 2 N–H and O–H groups in total. The SMILES string of the molecule is CCC(O)(O)C(C)C. The van der Waals surface area contributed by atoms with Gasteiger partial charge in [0.25, 0.3) is 0 Å². The molecule has 8 heavy (non-hydrogen) atoms. The minimum atomic E-state index is -1.46. The Morgan fingerprint density at radius 2 is 1.75 bits per heavy atom. The Bertz CT molecular complexity index is 66.9. The third kappa shape index (κ3) is 1.80. The van der Waals surface area contributed by atoms with Crippen LogP contribution in [-0.2, 0) is 0 Å². The van der Waals surface area contributed by atoms with Gasteiger partial charge in [0.1, 0.15) is 0 Å². The zero-order valence-electron chi connectivity index (χ0n) is 5.68. The molecule has 0 aliphatic rings. The fourth-order valence-corrected chi connectivity index (χ4v) is 0.408. The minimum absolute atomic E-state index is 0.0764. The van der Waals surface area contributed by atoms with Gasteiger partial charge < -0.3 is 10.2 Å². The summed E-state index contributed by atoms with van der Waals surface area (Å²) in [6.07, 6.45) is 0.394. The van der Waals surface area contributed by atoms with Crippen molar-refractivity contribution in [2.45, 2.75) is 33.0 Å². The molecular formula is C6H14O2. The van der Waals surface area contributed by atoms with Gasteiger partial charge in [-0.05, 0) is 6.42 Å². The van der Waals surface area contributed by atoms with Crippen LogP contribution in [0.5, 0.6) is 0 Å². The van der Waals surface area contributed by atoms with Gasteiger partial charge in [-0.15, -0.1) is 0 Å². The van der Waals surface area contributed by atoms with E-state index < -0.39 is 5.79 Å². The molecule has 0 aromatic rings. The van der Waals surface area contributed by atoms with Crippen LogP contribution in [0.3, 0.4) is 0 Å². The van der Waals surface area contributed by atoms with E-state index in [1.54, 1.807) is 20.8 Å². The highest BCUT2D eigenvalue weighted by Crippen LogP contribution is 2.15. The molecule has 0 atom stereocenters. The number of hydrogen-bond acceptors (Lipinski definition) is 2.